The van der Waals surface area contributed by atoms with Gasteiger partial charge in [0.2, 0.25) is 0 Å². The minimum atomic E-state index is -0.533. The largest absolute Gasteiger partial charge is 0.389 e. The third kappa shape index (κ3) is 2.08. The highest BCUT2D eigenvalue weighted by molar-refractivity contribution is 6.31. The predicted octanol–water partition coefficient (Wildman–Crippen LogP) is 3.20. The SMILES string of the molecule is Cc1nn(-c2ccccc2C(C)O)c(C)c1Cl. The number of hydrogen-bond acceptors (Lipinski definition) is 2. The zero-order chi connectivity index (χ0) is 12.6. The lowest BCUT2D eigenvalue weighted by atomic mass is 10.1. The number of halogens is 1. The van der Waals surface area contributed by atoms with Gasteiger partial charge in [0, 0.05) is 5.56 Å². The normalized spacial score (nSPS) is 12.8. The Kier molecular flexibility index (Phi) is 3.22. The number of rotatable bonds is 2. The van der Waals surface area contributed by atoms with Crippen molar-refractivity contribution in [3.8, 4) is 5.69 Å². The van der Waals surface area contributed by atoms with Crippen LogP contribution in [-0.2, 0) is 0 Å². The molecular formula is C13H15ClN2O. The van der Waals surface area contributed by atoms with Crippen molar-refractivity contribution < 1.29 is 5.11 Å². The summed E-state index contributed by atoms with van der Waals surface area (Å²) in [7, 11) is 0. The maximum absolute atomic E-state index is 9.76. The van der Waals surface area contributed by atoms with Gasteiger partial charge < -0.3 is 5.11 Å². The quantitative estimate of drug-likeness (QED) is 0.889. The van der Waals surface area contributed by atoms with Gasteiger partial charge in [-0.15, -0.1) is 0 Å². The molecular weight excluding hydrogens is 236 g/mol. The highest BCUT2D eigenvalue weighted by atomic mass is 35.5. The maximum Gasteiger partial charge on any atom is 0.0848 e. The number of aliphatic hydroxyl groups is 1. The average Bonchev–Trinajstić information content (AvgIpc) is 2.57. The van der Waals surface area contributed by atoms with Crippen LogP contribution >= 0.6 is 11.6 Å². The van der Waals surface area contributed by atoms with E-state index in [1.807, 2.05) is 38.1 Å². The molecule has 3 nitrogen and oxygen atoms in total. The Morgan fingerprint density at radius 1 is 1.29 bits per heavy atom. The minimum Gasteiger partial charge on any atom is -0.389 e. The zero-order valence-electron chi connectivity index (χ0n) is 10.1. The fourth-order valence-corrected chi connectivity index (χ4v) is 2.01. The zero-order valence-corrected chi connectivity index (χ0v) is 10.9. The second-order valence-corrected chi connectivity index (χ2v) is 4.51. The molecule has 2 aromatic rings. The first-order chi connectivity index (χ1) is 8.02. The van der Waals surface area contributed by atoms with Crippen molar-refractivity contribution in [3.63, 3.8) is 0 Å². The molecule has 0 aliphatic carbocycles. The molecule has 0 radical (unpaired) electrons. The third-order valence-electron chi connectivity index (χ3n) is 2.82. The van der Waals surface area contributed by atoms with Crippen LogP contribution in [0.15, 0.2) is 24.3 Å². The standard InChI is InChI=1S/C13H15ClN2O/c1-8-13(14)9(2)16(15-8)12-7-5-4-6-11(12)10(3)17/h4-7,10,17H,1-3H3. The molecule has 90 valence electrons. The van der Waals surface area contributed by atoms with Crippen molar-refractivity contribution in [2.75, 3.05) is 0 Å². The first-order valence-corrected chi connectivity index (χ1v) is 5.89. The second kappa shape index (κ2) is 4.51. The fraction of sp³-hybridized carbons (Fsp3) is 0.308. The number of nitrogens with zero attached hydrogens (tertiary/aromatic N) is 2. The Morgan fingerprint density at radius 3 is 2.47 bits per heavy atom. The third-order valence-corrected chi connectivity index (χ3v) is 3.37. The number of aryl methyl sites for hydroxylation is 1. The Morgan fingerprint density at radius 2 is 1.94 bits per heavy atom. The number of para-hydroxylation sites is 1. The van der Waals surface area contributed by atoms with Gasteiger partial charge in [0.05, 0.1) is 28.2 Å². The van der Waals surface area contributed by atoms with Crippen molar-refractivity contribution in [1.29, 1.82) is 0 Å². The molecule has 0 saturated carbocycles. The van der Waals surface area contributed by atoms with E-state index in [0.717, 1.165) is 22.6 Å². The van der Waals surface area contributed by atoms with Gasteiger partial charge in [-0.2, -0.15) is 5.10 Å². The molecule has 0 saturated heterocycles. The molecule has 1 N–H and O–H groups in total. The van der Waals surface area contributed by atoms with Crippen molar-refractivity contribution >= 4 is 11.6 Å². The van der Waals surface area contributed by atoms with Gasteiger partial charge in [0.25, 0.3) is 0 Å². The summed E-state index contributed by atoms with van der Waals surface area (Å²) in [5.41, 5.74) is 3.39. The predicted molar refractivity (Wildman–Crippen MR) is 68.7 cm³/mol. The molecule has 1 unspecified atom stereocenters. The number of hydrogen-bond donors (Lipinski definition) is 1. The molecule has 1 heterocycles. The van der Waals surface area contributed by atoms with Gasteiger partial charge in [-0.3, -0.25) is 0 Å². The lowest BCUT2D eigenvalue weighted by Gasteiger charge is -2.13. The molecule has 0 aliphatic rings. The monoisotopic (exact) mass is 250 g/mol. The van der Waals surface area contributed by atoms with E-state index in [1.54, 1.807) is 11.6 Å². The lowest BCUT2D eigenvalue weighted by Crippen LogP contribution is -2.05. The van der Waals surface area contributed by atoms with E-state index in [9.17, 15) is 5.11 Å². The van der Waals surface area contributed by atoms with Crippen molar-refractivity contribution in [1.82, 2.24) is 9.78 Å². The van der Waals surface area contributed by atoms with E-state index in [2.05, 4.69) is 5.10 Å². The summed E-state index contributed by atoms with van der Waals surface area (Å²) in [5, 5.41) is 14.8. The first-order valence-electron chi connectivity index (χ1n) is 5.51. The second-order valence-electron chi connectivity index (χ2n) is 4.13. The van der Waals surface area contributed by atoms with E-state index >= 15 is 0 Å². The molecule has 0 bridgehead atoms. The topological polar surface area (TPSA) is 38.0 Å². The Balaban J connectivity index is 2.64. The molecule has 1 aromatic carbocycles. The van der Waals surface area contributed by atoms with E-state index in [1.165, 1.54) is 0 Å². The number of aromatic nitrogens is 2. The van der Waals surface area contributed by atoms with Crippen LogP contribution in [-0.4, -0.2) is 14.9 Å². The van der Waals surface area contributed by atoms with Gasteiger partial charge in [-0.1, -0.05) is 29.8 Å². The summed E-state index contributed by atoms with van der Waals surface area (Å²) in [5.74, 6) is 0. The van der Waals surface area contributed by atoms with E-state index in [4.69, 9.17) is 11.6 Å². The van der Waals surface area contributed by atoms with Crippen molar-refractivity contribution in [2.24, 2.45) is 0 Å². The molecule has 1 aromatic heterocycles. The van der Waals surface area contributed by atoms with Gasteiger partial charge in [-0.05, 0) is 26.8 Å². The van der Waals surface area contributed by atoms with Gasteiger partial charge >= 0.3 is 0 Å². The Hall–Kier alpha value is -1.32. The summed E-state index contributed by atoms with van der Waals surface area (Å²) in [6.45, 7) is 5.53. The molecule has 0 aliphatic heterocycles. The first kappa shape index (κ1) is 12.1. The van der Waals surface area contributed by atoms with Crippen LogP contribution in [0.2, 0.25) is 5.02 Å². The summed E-state index contributed by atoms with van der Waals surface area (Å²) >= 11 is 6.13. The smallest absolute Gasteiger partial charge is 0.0848 e. The van der Waals surface area contributed by atoms with E-state index < -0.39 is 6.10 Å². The highest BCUT2D eigenvalue weighted by Crippen LogP contribution is 2.26. The summed E-state index contributed by atoms with van der Waals surface area (Å²) in [6, 6.07) is 7.65. The average molecular weight is 251 g/mol. The summed E-state index contributed by atoms with van der Waals surface area (Å²) in [4.78, 5) is 0. The molecule has 0 fully saturated rings. The summed E-state index contributed by atoms with van der Waals surface area (Å²) in [6.07, 6.45) is -0.533. The molecule has 17 heavy (non-hydrogen) atoms. The van der Waals surface area contributed by atoms with Gasteiger partial charge in [-0.25, -0.2) is 4.68 Å². The van der Waals surface area contributed by atoms with Gasteiger partial charge in [0.1, 0.15) is 0 Å². The van der Waals surface area contributed by atoms with Gasteiger partial charge in [0.15, 0.2) is 0 Å². The van der Waals surface area contributed by atoms with Crippen molar-refractivity contribution in [3.05, 3.63) is 46.2 Å². The maximum atomic E-state index is 9.76. The molecule has 1 atom stereocenters. The molecule has 2 rings (SSSR count). The van der Waals surface area contributed by atoms with Crippen LogP contribution in [0.4, 0.5) is 0 Å². The van der Waals surface area contributed by atoms with Crippen LogP contribution < -0.4 is 0 Å². The number of benzene rings is 1. The van der Waals surface area contributed by atoms with Crippen LogP contribution in [0.3, 0.4) is 0 Å². The lowest BCUT2D eigenvalue weighted by molar-refractivity contribution is 0.199. The van der Waals surface area contributed by atoms with Crippen LogP contribution in [0.5, 0.6) is 0 Å². The van der Waals surface area contributed by atoms with Crippen LogP contribution in [0, 0.1) is 13.8 Å². The Labute approximate surface area is 106 Å². The Bertz CT molecular complexity index is 546. The molecule has 0 amide bonds. The minimum absolute atomic E-state index is 0.533. The van der Waals surface area contributed by atoms with Crippen LogP contribution in [0.1, 0.15) is 30.0 Å². The van der Waals surface area contributed by atoms with Crippen molar-refractivity contribution in [2.45, 2.75) is 26.9 Å². The van der Waals surface area contributed by atoms with E-state index in [0.29, 0.717) is 5.02 Å². The van der Waals surface area contributed by atoms with E-state index in [-0.39, 0.29) is 0 Å². The molecule has 0 spiro atoms. The number of aliphatic hydroxyl groups excluding tert-OH is 1. The van der Waals surface area contributed by atoms with Crippen LogP contribution in [0.25, 0.3) is 5.69 Å². The summed E-state index contributed by atoms with van der Waals surface area (Å²) < 4.78 is 1.78. The fourth-order valence-electron chi connectivity index (χ4n) is 1.89. The highest BCUT2D eigenvalue weighted by Gasteiger charge is 2.15. The molecule has 4 heteroatoms.